The van der Waals surface area contributed by atoms with Crippen molar-refractivity contribution in [2.45, 2.75) is 45.7 Å². The van der Waals surface area contributed by atoms with Gasteiger partial charge in [0.1, 0.15) is 12.1 Å². The van der Waals surface area contributed by atoms with E-state index in [9.17, 15) is 4.79 Å². The molecule has 3 heterocycles. The summed E-state index contributed by atoms with van der Waals surface area (Å²) in [5.74, 6) is 1.91. The molecule has 0 spiro atoms. The van der Waals surface area contributed by atoms with Crippen LogP contribution in [0.25, 0.3) is 10.9 Å². The SMILES string of the molecule is Cc1c(Oc2ncnc3c2C[C@H](C)N(C(=O)C2CC2)C3)ccc2c1ccn2C. The Labute approximate surface area is 164 Å². The largest absolute Gasteiger partial charge is 0.438 e. The highest BCUT2D eigenvalue weighted by Crippen LogP contribution is 2.37. The molecule has 1 saturated carbocycles. The lowest BCUT2D eigenvalue weighted by Gasteiger charge is -2.34. The first-order chi connectivity index (χ1) is 13.5. The minimum absolute atomic E-state index is 0.131. The average molecular weight is 376 g/mol. The van der Waals surface area contributed by atoms with E-state index < -0.39 is 0 Å². The van der Waals surface area contributed by atoms with Gasteiger partial charge >= 0.3 is 0 Å². The molecule has 1 atom stereocenters. The van der Waals surface area contributed by atoms with Crippen LogP contribution < -0.4 is 4.74 Å². The molecule has 2 aliphatic rings. The Morgan fingerprint density at radius 1 is 1.21 bits per heavy atom. The molecule has 1 amide bonds. The minimum atomic E-state index is 0.131. The zero-order chi connectivity index (χ0) is 19.4. The molecule has 0 bridgehead atoms. The van der Waals surface area contributed by atoms with Gasteiger partial charge in [-0.05, 0) is 51.3 Å². The van der Waals surface area contributed by atoms with E-state index in [1.807, 2.05) is 18.0 Å². The van der Waals surface area contributed by atoms with Crippen LogP contribution in [0.4, 0.5) is 0 Å². The zero-order valence-corrected chi connectivity index (χ0v) is 16.5. The summed E-state index contributed by atoms with van der Waals surface area (Å²) in [4.78, 5) is 23.4. The molecule has 2 aromatic heterocycles. The second-order valence-electron chi connectivity index (χ2n) is 8.05. The lowest BCUT2D eigenvalue weighted by Crippen LogP contribution is -2.43. The number of carbonyl (C=O) groups excluding carboxylic acids is 1. The van der Waals surface area contributed by atoms with Crippen LogP contribution in [-0.4, -0.2) is 31.4 Å². The summed E-state index contributed by atoms with van der Waals surface area (Å²) in [5.41, 5.74) is 4.19. The number of benzene rings is 1. The van der Waals surface area contributed by atoms with Crippen molar-refractivity contribution < 1.29 is 9.53 Å². The van der Waals surface area contributed by atoms with E-state index in [1.165, 1.54) is 10.9 Å². The Hall–Kier alpha value is -2.89. The van der Waals surface area contributed by atoms with Gasteiger partial charge in [0.15, 0.2) is 0 Å². The monoisotopic (exact) mass is 376 g/mol. The molecule has 1 fully saturated rings. The summed E-state index contributed by atoms with van der Waals surface area (Å²) in [6, 6.07) is 6.31. The topological polar surface area (TPSA) is 60.3 Å². The second-order valence-corrected chi connectivity index (χ2v) is 8.05. The van der Waals surface area contributed by atoms with Crippen LogP contribution in [0.15, 0.2) is 30.7 Å². The number of rotatable bonds is 3. The van der Waals surface area contributed by atoms with E-state index in [2.05, 4.69) is 46.7 Å². The number of carbonyl (C=O) groups is 1. The number of amides is 1. The highest BCUT2D eigenvalue weighted by Gasteiger charge is 2.38. The standard InChI is InChI=1S/C22H24N4O2/c1-13-10-17-18(11-26(13)22(27)15-4-5-15)23-12-24-21(17)28-20-7-6-19-16(14(20)2)8-9-25(19)3/h6-9,12-13,15H,4-5,10-11H2,1-3H3/t13-/m0/s1. The normalized spacial score (nSPS) is 19.0. The van der Waals surface area contributed by atoms with Crippen molar-refractivity contribution in [2.75, 3.05) is 0 Å². The van der Waals surface area contributed by atoms with Gasteiger partial charge in [-0.3, -0.25) is 4.79 Å². The van der Waals surface area contributed by atoms with Crippen LogP contribution in [0.2, 0.25) is 0 Å². The highest BCUT2D eigenvalue weighted by molar-refractivity contribution is 5.85. The van der Waals surface area contributed by atoms with Gasteiger partial charge in [-0.2, -0.15) is 0 Å². The minimum Gasteiger partial charge on any atom is -0.438 e. The summed E-state index contributed by atoms with van der Waals surface area (Å²) in [5, 5.41) is 1.18. The summed E-state index contributed by atoms with van der Waals surface area (Å²) < 4.78 is 8.37. The van der Waals surface area contributed by atoms with Crippen LogP contribution in [0, 0.1) is 12.8 Å². The van der Waals surface area contributed by atoms with Gasteiger partial charge in [0.2, 0.25) is 11.8 Å². The molecule has 1 aliphatic carbocycles. The predicted octanol–water partition coefficient (Wildman–Crippen LogP) is 3.75. The van der Waals surface area contributed by atoms with E-state index in [0.29, 0.717) is 12.4 Å². The molecule has 6 heteroatoms. The van der Waals surface area contributed by atoms with E-state index in [1.54, 1.807) is 6.33 Å². The molecule has 3 aromatic rings. The molecular formula is C22H24N4O2. The molecule has 0 N–H and O–H groups in total. The number of aryl methyl sites for hydroxylation is 2. The number of hydrogen-bond donors (Lipinski definition) is 0. The van der Waals surface area contributed by atoms with Crippen LogP contribution in [0.3, 0.4) is 0 Å². The molecule has 0 radical (unpaired) electrons. The predicted molar refractivity (Wildman–Crippen MR) is 106 cm³/mol. The fraction of sp³-hybridized carbons (Fsp3) is 0.409. The number of nitrogens with zero attached hydrogens (tertiary/aromatic N) is 4. The van der Waals surface area contributed by atoms with E-state index >= 15 is 0 Å². The first-order valence-corrected chi connectivity index (χ1v) is 9.88. The third kappa shape index (κ3) is 2.75. The highest BCUT2D eigenvalue weighted by atomic mass is 16.5. The second kappa shape index (κ2) is 6.33. The molecule has 144 valence electrons. The average Bonchev–Trinajstić information content (AvgIpc) is 3.47. The molecule has 1 aromatic carbocycles. The Kier molecular flexibility index (Phi) is 3.89. The smallest absolute Gasteiger partial charge is 0.226 e. The van der Waals surface area contributed by atoms with Crippen molar-refractivity contribution in [1.29, 1.82) is 0 Å². The Balaban J connectivity index is 1.47. The number of aromatic nitrogens is 3. The van der Waals surface area contributed by atoms with Crippen LogP contribution >= 0.6 is 0 Å². The van der Waals surface area contributed by atoms with Gasteiger partial charge in [0, 0.05) is 47.2 Å². The lowest BCUT2D eigenvalue weighted by atomic mass is 9.99. The van der Waals surface area contributed by atoms with Gasteiger partial charge in [0.25, 0.3) is 0 Å². The number of hydrogen-bond acceptors (Lipinski definition) is 4. The van der Waals surface area contributed by atoms with E-state index in [0.717, 1.165) is 41.8 Å². The fourth-order valence-corrected chi connectivity index (χ4v) is 4.14. The van der Waals surface area contributed by atoms with Crippen LogP contribution in [0.5, 0.6) is 11.6 Å². The lowest BCUT2D eigenvalue weighted by molar-refractivity contribution is -0.135. The van der Waals surface area contributed by atoms with Crippen molar-refractivity contribution in [3.05, 3.63) is 47.5 Å². The molecule has 6 nitrogen and oxygen atoms in total. The van der Waals surface area contributed by atoms with Crippen LogP contribution in [0.1, 0.15) is 36.6 Å². The Morgan fingerprint density at radius 3 is 2.82 bits per heavy atom. The molecular weight excluding hydrogens is 352 g/mol. The Morgan fingerprint density at radius 2 is 2.04 bits per heavy atom. The first kappa shape index (κ1) is 17.2. The molecule has 1 aliphatic heterocycles. The summed E-state index contributed by atoms with van der Waals surface area (Å²) in [7, 11) is 2.04. The van der Waals surface area contributed by atoms with Gasteiger partial charge < -0.3 is 14.2 Å². The quantitative estimate of drug-likeness (QED) is 0.698. The molecule has 0 unspecified atom stereocenters. The summed E-state index contributed by atoms with van der Waals surface area (Å²) in [6.07, 6.45) is 6.36. The van der Waals surface area contributed by atoms with Crippen molar-refractivity contribution in [3.8, 4) is 11.6 Å². The van der Waals surface area contributed by atoms with E-state index in [-0.39, 0.29) is 17.9 Å². The van der Waals surface area contributed by atoms with Crippen molar-refractivity contribution in [3.63, 3.8) is 0 Å². The maximum Gasteiger partial charge on any atom is 0.226 e. The fourth-order valence-electron chi connectivity index (χ4n) is 4.14. The van der Waals surface area contributed by atoms with Crippen molar-refractivity contribution in [1.82, 2.24) is 19.4 Å². The van der Waals surface area contributed by atoms with Gasteiger partial charge in [-0.25, -0.2) is 9.97 Å². The maximum atomic E-state index is 12.6. The summed E-state index contributed by atoms with van der Waals surface area (Å²) >= 11 is 0. The van der Waals surface area contributed by atoms with Crippen molar-refractivity contribution in [2.24, 2.45) is 13.0 Å². The van der Waals surface area contributed by atoms with Gasteiger partial charge in [-0.15, -0.1) is 0 Å². The molecule has 0 saturated heterocycles. The number of fused-ring (bicyclic) bond motifs is 2. The summed E-state index contributed by atoms with van der Waals surface area (Å²) in [6.45, 7) is 4.71. The van der Waals surface area contributed by atoms with Crippen LogP contribution in [-0.2, 0) is 24.8 Å². The van der Waals surface area contributed by atoms with Gasteiger partial charge in [-0.1, -0.05) is 0 Å². The zero-order valence-electron chi connectivity index (χ0n) is 16.5. The maximum absolute atomic E-state index is 12.6. The Bertz CT molecular complexity index is 1080. The van der Waals surface area contributed by atoms with Crippen molar-refractivity contribution >= 4 is 16.8 Å². The third-order valence-corrected chi connectivity index (χ3v) is 6.05. The first-order valence-electron chi connectivity index (χ1n) is 9.88. The molecule has 28 heavy (non-hydrogen) atoms. The van der Waals surface area contributed by atoms with E-state index in [4.69, 9.17) is 4.74 Å². The van der Waals surface area contributed by atoms with Gasteiger partial charge in [0.05, 0.1) is 12.2 Å². The number of ether oxygens (including phenoxy) is 1. The third-order valence-electron chi connectivity index (χ3n) is 6.05. The molecule has 5 rings (SSSR count).